The molecule has 152 valence electrons. The molecule has 0 spiro atoms. The van der Waals surface area contributed by atoms with Gasteiger partial charge in [-0.05, 0) is 44.0 Å². The van der Waals surface area contributed by atoms with Crippen LogP contribution in [-0.4, -0.2) is 37.1 Å². The summed E-state index contributed by atoms with van der Waals surface area (Å²) in [4.78, 5) is 12.6. The molecule has 1 saturated heterocycles. The van der Waals surface area contributed by atoms with Gasteiger partial charge < -0.3 is 18.8 Å². The van der Waals surface area contributed by atoms with Crippen molar-refractivity contribution >= 4 is 0 Å². The zero-order chi connectivity index (χ0) is 20.2. The van der Waals surface area contributed by atoms with E-state index >= 15 is 0 Å². The molecule has 1 aromatic heterocycles. The van der Waals surface area contributed by atoms with E-state index in [0.717, 1.165) is 18.4 Å². The number of hydrogen-bond acceptors (Lipinski definition) is 4. The molecule has 1 atom stereocenters. The molecular weight excluding hydrogens is 373 g/mol. The molecule has 0 bridgehead atoms. The Morgan fingerprint density at radius 3 is 2.83 bits per heavy atom. The van der Waals surface area contributed by atoms with Gasteiger partial charge >= 0.3 is 0 Å². The minimum Gasteiger partial charge on any atom is -0.491 e. The van der Waals surface area contributed by atoms with Crippen molar-refractivity contribution < 1.29 is 18.6 Å². The van der Waals surface area contributed by atoms with Crippen LogP contribution in [0.2, 0.25) is 0 Å². The average Bonchev–Trinajstić information content (AvgIpc) is 3.55. The van der Waals surface area contributed by atoms with Crippen molar-refractivity contribution in [2.24, 2.45) is 5.92 Å². The molecule has 0 N–H and O–H groups in total. The summed E-state index contributed by atoms with van der Waals surface area (Å²) in [5.41, 5.74) is 1.67. The number of benzene rings is 1. The molecule has 6 heteroatoms. The second-order valence-corrected chi connectivity index (χ2v) is 7.49. The molecule has 0 unspecified atom stereocenters. The van der Waals surface area contributed by atoms with Crippen molar-refractivity contribution in [2.45, 2.75) is 32.4 Å². The van der Waals surface area contributed by atoms with Crippen LogP contribution in [0.3, 0.4) is 0 Å². The maximum atomic E-state index is 14.3. The van der Waals surface area contributed by atoms with Gasteiger partial charge in [0.15, 0.2) is 0 Å². The van der Waals surface area contributed by atoms with Gasteiger partial charge in [-0.3, -0.25) is 4.79 Å². The first-order valence-corrected chi connectivity index (χ1v) is 9.92. The number of ether oxygens (including phenoxy) is 3. The normalized spacial score (nSPS) is 18.8. The SMILES string of the molecule is Cc1cc(OC[C@H]2COCCO2)cc(=O)n1Cc1cc(C#CC2CC2)ccc1F. The largest absolute Gasteiger partial charge is 0.491 e. The molecular formula is C23H24FNO4. The molecule has 29 heavy (non-hydrogen) atoms. The predicted octanol–water partition coefficient (Wildman–Crippen LogP) is 2.90. The zero-order valence-electron chi connectivity index (χ0n) is 16.4. The van der Waals surface area contributed by atoms with Gasteiger partial charge in [0.2, 0.25) is 0 Å². The van der Waals surface area contributed by atoms with E-state index in [1.54, 1.807) is 18.2 Å². The number of rotatable bonds is 5. The van der Waals surface area contributed by atoms with Crippen molar-refractivity contribution in [1.82, 2.24) is 4.57 Å². The van der Waals surface area contributed by atoms with Gasteiger partial charge in [-0.1, -0.05) is 11.8 Å². The summed E-state index contributed by atoms with van der Waals surface area (Å²) < 4.78 is 32.4. The van der Waals surface area contributed by atoms with Gasteiger partial charge in [0, 0.05) is 28.8 Å². The van der Waals surface area contributed by atoms with Gasteiger partial charge in [0.05, 0.1) is 26.4 Å². The van der Waals surface area contributed by atoms with Crippen LogP contribution >= 0.6 is 0 Å². The fourth-order valence-corrected chi connectivity index (χ4v) is 3.16. The van der Waals surface area contributed by atoms with E-state index < -0.39 is 0 Å². The van der Waals surface area contributed by atoms with Crippen LogP contribution in [-0.2, 0) is 16.0 Å². The van der Waals surface area contributed by atoms with Crippen molar-refractivity contribution in [1.29, 1.82) is 0 Å². The van der Waals surface area contributed by atoms with Crippen molar-refractivity contribution in [2.75, 3.05) is 26.4 Å². The number of nitrogens with zero attached hydrogens (tertiary/aromatic N) is 1. The third-order valence-electron chi connectivity index (χ3n) is 5.00. The third-order valence-corrected chi connectivity index (χ3v) is 5.00. The maximum absolute atomic E-state index is 14.3. The van der Waals surface area contributed by atoms with Crippen LogP contribution in [0.5, 0.6) is 5.75 Å². The van der Waals surface area contributed by atoms with Gasteiger partial charge in [-0.25, -0.2) is 4.39 Å². The van der Waals surface area contributed by atoms with E-state index in [1.807, 2.05) is 6.92 Å². The summed E-state index contributed by atoms with van der Waals surface area (Å²) in [6.07, 6.45) is 2.15. The van der Waals surface area contributed by atoms with Crippen LogP contribution in [0.1, 0.15) is 29.7 Å². The van der Waals surface area contributed by atoms with E-state index in [0.29, 0.717) is 49.4 Å². The number of aromatic nitrogens is 1. The van der Waals surface area contributed by atoms with Crippen LogP contribution < -0.4 is 10.3 Å². The standard InChI is InChI=1S/C23H24FNO4/c1-16-10-20(29-15-21-14-27-8-9-28-21)12-23(26)25(16)13-19-11-18(6-7-22(19)24)5-4-17-2-3-17/h6-7,10-12,17,21H,2-3,8-9,13-15H2,1H3/t21-/m1/s1. The van der Waals surface area contributed by atoms with Crippen molar-refractivity contribution in [3.05, 3.63) is 63.3 Å². The molecule has 0 amide bonds. The highest BCUT2D eigenvalue weighted by Gasteiger charge is 2.18. The Bertz CT molecular complexity index is 994. The lowest BCUT2D eigenvalue weighted by Gasteiger charge is -2.23. The second kappa shape index (κ2) is 8.81. The Balaban J connectivity index is 1.48. The second-order valence-electron chi connectivity index (χ2n) is 7.49. The Labute approximate surface area is 169 Å². The van der Waals surface area contributed by atoms with Crippen molar-refractivity contribution in [3.63, 3.8) is 0 Å². The Hall–Kier alpha value is -2.62. The predicted molar refractivity (Wildman–Crippen MR) is 107 cm³/mol. The molecule has 2 aliphatic rings. The maximum Gasteiger partial charge on any atom is 0.254 e. The smallest absolute Gasteiger partial charge is 0.254 e. The summed E-state index contributed by atoms with van der Waals surface area (Å²) in [6.45, 7) is 3.90. The van der Waals surface area contributed by atoms with Crippen LogP contribution in [0, 0.1) is 30.5 Å². The van der Waals surface area contributed by atoms with Crippen LogP contribution in [0.4, 0.5) is 4.39 Å². The van der Waals surface area contributed by atoms with Gasteiger partial charge in [0.1, 0.15) is 24.3 Å². The van der Waals surface area contributed by atoms with E-state index in [9.17, 15) is 9.18 Å². The molecule has 4 rings (SSSR count). The van der Waals surface area contributed by atoms with Gasteiger partial charge in [-0.2, -0.15) is 0 Å². The van der Waals surface area contributed by atoms with E-state index in [1.165, 1.54) is 16.7 Å². The summed E-state index contributed by atoms with van der Waals surface area (Å²) in [6, 6.07) is 8.01. The van der Waals surface area contributed by atoms with Crippen LogP contribution in [0.25, 0.3) is 0 Å². The third kappa shape index (κ3) is 5.26. The fraction of sp³-hybridized carbons (Fsp3) is 0.435. The first-order chi connectivity index (χ1) is 14.1. The monoisotopic (exact) mass is 397 g/mol. The minimum atomic E-state index is -0.344. The Kier molecular flexibility index (Phi) is 5.98. The number of pyridine rings is 1. The number of hydrogen-bond donors (Lipinski definition) is 0. The van der Waals surface area contributed by atoms with Gasteiger partial charge in [0.25, 0.3) is 5.56 Å². The summed E-state index contributed by atoms with van der Waals surface area (Å²) in [5, 5.41) is 0. The summed E-state index contributed by atoms with van der Waals surface area (Å²) >= 11 is 0. The molecule has 2 fully saturated rings. The number of halogens is 1. The lowest BCUT2D eigenvalue weighted by atomic mass is 10.1. The average molecular weight is 397 g/mol. The highest BCUT2D eigenvalue weighted by molar-refractivity contribution is 5.39. The highest BCUT2D eigenvalue weighted by atomic mass is 19.1. The molecule has 1 saturated carbocycles. The van der Waals surface area contributed by atoms with Gasteiger partial charge in [-0.15, -0.1) is 0 Å². The molecule has 1 aliphatic heterocycles. The van der Waals surface area contributed by atoms with E-state index in [2.05, 4.69) is 11.8 Å². The first kappa shape index (κ1) is 19.7. The molecule has 1 aliphatic carbocycles. The molecule has 0 radical (unpaired) electrons. The van der Waals surface area contributed by atoms with Crippen molar-refractivity contribution in [3.8, 4) is 17.6 Å². The van der Waals surface area contributed by atoms with E-state index in [4.69, 9.17) is 14.2 Å². The molecule has 2 aromatic rings. The topological polar surface area (TPSA) is 49.7 Å². The van der Waals surface area contributed by atoms with Crippen LogP contribution in [0.15, 0.2) is 35.1 Å². The summed E-state index contributed by atoms with van der Waals surface area (Å²) in [7, 11) is 0. The molecule has 2 heterocycles. The Morgan fingerprint density at radius 1 is 1.24 bits per heavy atom. The summed E-state index contributed by atoms with van der Waals surface area (Å²) in [5.74, 6) is 6.89. The first-order valence-electron chi connectivity index (χ1n) is 9.92. The fourth-order valence-electron chi connectivity index (χ4n) is 3.16. The zero-order valence-corrected chi connectivity index (χ0v) is 16.4. The molecule has 1 aromatic carbocycles. The highest BCUT2D eigenvalue weighted by Crippen LogP contribution is 2.27. The molecule has 5 nitrogen and oxygen atoms in total. The lowest BCUT2D eigenvalue weighted by molar-refractivity contribution is -0.101. The quantitative estimate of drug-likeness (QED) is 0.728. The van der Waals surface area contributed by atoms with E-state index in [-0.39, 0.29) is 24.0 Å². The minimum absolute atomic E-state index is 0.139. The Morgan fingerprint density at radius 2 is 2.10 bits per heavy atom. The lowest BCUT2D eigenvalue weighted by Crippen LogP contribution is -2.33. The number of aryl methyl sites for hydroxylation is 1.